The normalized spacial score (nSPS) is 19.3. The first-order chi connectivity index (χ1) is 7.58. The molecule has 2 rings (SSSR count). The van der Waals surface area contributed by atoms with Gasteiger partial charge in [0.2, 0.25) is 10.0 Å². The molecule has 0 unspecified atom stereocenters. The Morgan fingerprint density at radius 1 is 1.50 bits per heavy atom. The van der Waals surface area contributed by atoms with Crippen LogP contribution in [-0.2, 0) is 10.0 Å². The third kappa shape index (κ3) is 2.14. The van der Waals surface area contributed by atoms with Gasteiger partial charge >= 0.3 is 0 Å². The SMILES string of the molecule is NCC1(CNS(=O)(=O)c2cc[nH]c2)CCC1. The average Bonchev–Trinajstić information content (AvgIpc) is 2.70. The predicted molar refractivity (Wildman–Crippen MR) is 61.3 cm³/mol. The van der Waals surface area contributed by atoms with Gasteiger partial charge in [0.25, 0.3) is 0 Å². The van der Waals surface area contributed by atoms with Crippen LogP contribution in [-0.4, -0.2) is 26.5 Å². The largest absolute Gasteiger partial charge is 0.366 e. The summed E-state index contributed by atoms with van der Waals surface area (Å²) in [5.74, 6) is 0. The zero-order chi connectivity index (χ0) is 11.6. The first-order valence-electron chi connectivity index (χ1n) is 5.41. The van der Waals surface area contributed by atoms with Gasteiger partial charge in [-0.1, -0.05) is 6.42 Å². The van der Waals surface area contributed by atoms with Crippen molar-refractivity contribution in [3.63, 3.8) is 0 Å². The summed E-state index contributed by atoms with van der Waals surface area (Å²) in [4.78, 5) is 3.01. The fraction of sp³-hybridized carbons (Fsp3) is 0.600. The van der Waals surface area contributed by atoms with Crippen LogP contribution in [0.3, 0.4) is 0 Å². The van der Waals surface area contributed by atoms with Gasteiger partial charge in [-0.3, -0.25) is 0 Å². The highest BCUT2D eigenvalue weighted by molar-refractivity contribution is 7.89. The number of hydrogen-bond donors (Lipinski definition) is 3. The number of H-pyrrole nitrogens is 1. The minimum Gasteiger partial charge on any atom is -0.366 e. The summed E-state index contributed by atoms with van der Waals surface area (Å²) in [5, 5.41) is 0. The fourth-order valence-corrected chi connectivity index (χ4v) is 3.07. The van der Waals surface area contributed by atoms with E-state index in [1.54, 1.807) is 6.20 Å². The highest BCUT2D eigenvalue weighted by Crippen LogP contribution is 2.39. The fourth-order valence-electron chi connectivity index (χ4n) is 1.94. The molecule has 0 spiro atoms. The Balaban J connectivity index is 2.00. The van der Waals surface area contributed by atoms with Crippen LogP contribution < -0.4 is 10.5 Å². The van der Waals surface area contributed by atoms with E-state index in [2.05, 4.69) is 9.71 Å². The minimum atomic E-state index is -3.37. The molecule has 0 saturated heterocycles. The number of hydrogen-bond acceptors (Lipinski definition) is 3. The first-order valence-corrected chi connectivity index (χ1v) is 6.89. The summed E-state index contributed by atoms with van der Waals surface area (Å²) in [5.41, 5.74) is 5.67. The van der Waals surface area contributed by atoms with E-state index in [9.17, 15) is 8.42 Å². The van der Waals surface area contributed by atoms with Crippen LogP contribution >= 0.6 is 0 Å². The molecular formula is C10H17N3O2S. The van der Waals surface area contributed by atoms with Gasteiger partial charge in [-0.2, -0.15) is 0 Å². The molecule has 5 nitrogen and oxygen atoms in total. The van der Waals surface area contributed by atoms with Gasteiger partial charge in [0.1, 0.15) is 0 Å². The molecule has 0 amide bonds. The maximum Gasteiger partial charge on any atom is 0.242 e. The summed E-state index contributed by atoms with van der Waals surface area (Å²) >= 11 is 0. The van der Waals surface area contributed by atoms with Gasteiger partial charge in [-0.25, -0.2) is 13.1 Å². The van der Waals surface area contributed by atoms with Crippen molar-refractivity contribution in [2.45, 2.75) is 24.2 Å². The lowest BCUT2D eigenvalue weighted by atomic mass is 9.69. The van der Waals surface area contributed by atoms with E-state index in [1.165, 1.54) is 12.3 Å². The maximum absolute atomic E-state index is 11.8. The molecule has 0 aromatic carbocycles. The van der Waals surface area contributed by atoms with E-state index in [1.807, 2.05) is 0 Å². The maximum atomic E-state index is 11.8. The lowest BCUT2D eigenvalue weighted by molar-refractivity contribution is 0.150. The third-order valence-corrected chi connectivity index (χ3v) is 4.76. The van der Waals surface area contributed by atoms with Crippen LogP contribution in [0.15, 0.2) is 23.4 Å². The molecule has 1 aliphatic rings. The standard InChI is InChI=1S/C10H17N3O2S/c11-7-10(3-1-4-10)8-13-16(14,15)9-2-5-12-6-9/h2,5-6,12-13H,1,3-4,7-8,11H2. The van der Waals surface area contributed by atoms with E-state index >= 15 is 0 Å². The molecule has 90 valence electrons. The van der Waals surface area contributed by atoms with Crippen molar-refractivity contribution in [3.8, 4) is 0 Å². The van der Waals surface area contributed by atoms with Gasteiger partial charge in [0.05, 0.1) is 4.90 Å². The van der Waals surface area contributed by atoms with E-state index in [0.29, 0.717) is 13.1 Å². The molecule has 16 heavy (non-hydrogen) atoms. The second-order valence-electron chi connectivity index (χ2n) is 4.43. The lowest BCUT2D eigenvalue weighted by Gasteiger charge is -2.40. The lowest BCUT2D eigenvalue weighted by Crippen LogP contribution is -2.46. The Bertz CT molecular complexity index is 429. The molecular weight excluding hydrogens is 226 g/mol. The topological polar surface area (TPSA) is 88.0 Å². The van der Waals surface area contributed by atoms with Gasteiger partial charge in [0.15, 0.2) is 0 Å². The number of aromatic amines is 1. The van der Waals surface area contributed by atoms with E-state index in [4.69, 9.17) is 5.73 Å². The first kappa shape index (κ1) is 11.6. The summed E-state index contributed by atoms with van der Waals surface area (Å²) in [6.07, 6.45) is 6.23. The zero-order valence-electron chi connectivity index (χ0n) is 9.07. The summed E-state index contributed by atoms with van der Waals surface area (Å²) in [7, 11) is -3.37. The van der Waals surface area contributed by atoms with Gasteiger partial charge < -0.3 is 10.7 Å². The smallest absolute Gasteiger partial charge is 0.242 e. The Kier molecular flexibility index (Phi) is 3.05. The molecule has 1 aromatic rings. The molecule has 6 heteroatoms. The van der Waals surface area contributed by atoms with Gasteiger partial charge in [-0.15, -0.1) is 0 Å². The van der Waals surface area contributed by atoms with Crippen LogP contribution in [0.4, 0.5) is 0 Å². The van der Waals surface area contributed by atoms with Crippen molar-refractivity contribution in [2.24, 2.45) is 11.1 Å². The molecule has 0 aliphatic heterocycles. The molecule has 0 radical (unpaired) electrons. The highest BCUT2D eigenvalue weighted by atomic mass is 32.2. The minimum absolute atomic E-state index is 0.0105. The van der Waals surface area contributed by atoms with E-state index < -0.39 is 10.0 Å². The number of aromatic nitrogens is 1. The Labute approximate surface area is 95.5 Å². The second kappa shape index (κ2) is 4.20. The van der Waals surface area contributed by atoms with Crippen LogP contribution in [0.25, 0.3) is 0 Å². The summed E-state index contributed by atoms with van der Waals surface area (Å²) in [6.45, 7) is 0.986. The van der Waals surface area contributed by atoms with Gasteiger partial charge in [0, 0.05) is 18.9 Å². The quantitative estimate of drug-likeness (QED) is 0.700. The molecule has 1 fully saturated rings. The Morgan fingerprint density at radius 3 is 2.69 bits per heavy atom. The van der Waals surface area contributed by atoms with Crippen molar-refractivity contribution in [1.29, 1.82) is 0 Å². The summed E-state index contributed by atoms with van der Waals surface area (Å²) in [6, 6.07) is 1.54. The van der Waals surface area contributed by atoms with Crippen LogP contribution in [0, 0.1) is 5.41 Å². The molecule has 0 bridgehead atoms. The number of sulfonamides is 1. The Hall–Kier alpha value is -0.850. The van der Waals surface area contributed by atoms with Crippen molar-refractivity contribution in [2.75, 3.05) is 13.1 Å². The molecule has 0 atom stereocenters. The number of nitrogens with one attached hydrogen (secondary N) is 2. The molecule has 1 aliphatic carbocycles. The van der Waals surface area contributed by atoms with E-state index in [-0.39, 0.29) is 10.3 Å². The van der Waals surface area contributed by atoms with Crippen molar-refractivity contribution >= 4 is 10.0 Å². The molecule has 1 heterocycles. The van der Waals surface area contributed by atoms with Crippen LogP contribution in [0.1, 0.15) is 19.3 Å². The van der Waals surface area contributed by atoms with Crippen LogP contribution in [0.2, 0.25) is 0 Å². The molecule has 1 saturated carbocycles. The zero-order valence-corrected chi connectivity index (χ0v) is 9.89. The third-order valence-electron chi connectivity index (χ3n) is 3.36. The van der Waals surface area contributed by atoms with Crippen molar-refractivity contribution in [3.05, 3.63) is 18.5 Å². The second-order valence-corrected chi connectivity index (χ2v) is 6.20. The molecule has 1 aromatic heterocycles. The summed E-state index contributed by atoms with van der Waals surface area (Å²) < 4.78 is 26.3. The van der Waals surface area contributed by atoms with E-state index in [0.717, 1.165) is 19.3 Å². The highest BCUT2D eigenvalue weighted by Gasteiger charge is 2.36. The van der Waals surface area contributed by atoms with Gasteiger partial charge in [-0.05, 0) is 30.9 Å². The van der Waals surface area contributed by atoms with Crippen LogP contribution in [0.5, 0.6) is 0 Å². The number of nitrogens with two attached hydrogens (primary N) is 1. The van der Waals surface area contributed by atoms with Crippen molar-refractivity contribution < 1.29 is 8.42 Å². The molecule has 4 N–H and O–H groups in total. The number of rotatable bonds is 5. The van der Waals surface area contributed by atoms with Crippen molar-refractivity contribution in [1.82, 2.24) is 9.71 Å². The Morgan fingerprint density at radius 2 is 2.25 bits per heavy atom. The average molecular weight is 243 g/mol. The predicted octanol–water partition coefficient (Wildman–Crippen LogP) is 0.422. The monoisotopic (exact) mass is 243 g/mol.